The van der Waals surface area contributed by atoms with Gasteiger partial charge < -0.3 is 14.6 Å². The molecular formula is C27H19Cl2F3N4O2S. The third-order valence-electron chi connectivity index (χ3n) is 6.01. The van der Waals surface area contributed by atoms with E-state index in [1.807, 2.05) is 18.2 Å². The van der Waals surface area contributed by atoms with Gasteiger partial charge in [0.15, 0.2) is 10.9 Å². The molecule has 200 valence electrons. The Morgan fingerprint density at radius 2 is 1.87 bits per heavy atom. The SMILES string of the molecule is CN(/N=C/c1ccc2c(c1)CCc1c-2noc1-c1ccc(OC(F)(F)F)cc1)C(=S)Nc1ccc(Cl)cc1Cl. The molecule has 1 aromatic heterocycles. The van der Waals surface area contributed by atoms with Crippen LogP contribution >= 0.6 is 35.4 Å². The van der Waals surface area contributed by atoms with Crippen molar-refractivity contribution in [2.45, 2.75) is 19.2 Å². The third-order valence-corrected chi connectivity index (χ3v) is 6.93. The number of benzene rings is 3. The molecule has 0 radical (unpaired) electrons. The van der Waals surface area contributed by atoms with Crippen molar-refractivity contribution >= 4 is 52.4 Å². The van der Waals surface area contributed by atoms with Gasteiger partial charge in [-0.15, -0.1) is 13.2 Å². The predicted octanol–water partition coefficient (Wildman–Crippen LogP) is 7.98. The molecule has 3 aromatic carbocycles. The Kier molecular flexibility index (Phi) is 7.53. The van der Waals surface area contributed by atoms with Crippen molar-refractivity contribution in [1.29, 1.82) is 0 Å². The number of aryl methyl sites for hydroxylation is 1. The van der Waals surface area contributed by atoms with Gasteiger partial charge >= 0.3 is 6.36 Å². The van der Waals surface area contributed by atoms with E-state index >= 15 is 0 Å². The Hall–Kier alpha value is -3.60. The van der Waals surface area contributed by atoms with Crippen LogP contribution in [0.1, 0.15) is 16.7 Å². The summed E-state index contributed by atoms with van der Waals surface area (Å²) in [5, 5.41) is 14.6. The fourth-order valence-electron chi connectivity index (χ4n) is 4.17. The highest BCUT2D eigenvalue weighted by atomic mass is 35.5. The van der Waals surface area contributed by atoms with E-state index in [1.165, 1.54) is 29.3 Å². The van der Waals surface area contributed by atoms with Crippen molar-refractivity contribution < 1.29 is 22.4 Å². The minimum atomic E-state index is -4.75. The average molecular weight is 591 g/mol. The molecule has 0 amide bonds. The van der Waals surface area contributed by atoms with E-state index in [0.29, 0.717) is 44.3 Å². The highest BCUT2D eigenvalue weighted by Crippen LogP contribution is 2.39. The standard InChI is InChI=1S/C27H19Cl2F3N4O2S/c1-36(26(39)34-23-11-6-18(28)13-22(23)29)33-14-15-2-9-20-17(12-15)5-10-21-24(20)35-38-25(21)16-3-7-19(8-4-16)37-27(30,31)32/h2-4,6-9,11-14H,5,10H2,1H3,(H,34,39)/b33-14+. The number of hydrazone groups is 1. The molecule has 0 atom stereocenters. The lowest BCUT2D eigenvalue weighted by atomic mass is 9.87. The summed E-state index contributed by atoms with van der Waals surface area (Å²) in [7, 11) is 1.72. The highest BCUT2D eigenvalue weighted by Gasteiger charge is 2.31. The van der Waals surface area contributed by atoms with Gasteiger partial charge in [0.2, 0.25) is 0 Å². The minimum absolute atomic E-state index is 0.296. The van der Waals surface area contributed by atoms with Crippen molar-refractivity contribution in [3.05, 3.63) is 87.4 Å². The number of hydrogen-bond acceptors (Lipinski definition) is 5. The van der Waals surface area contributed by atoms with Gasteiger partial charge in [0.1, 0.15) is 11.4 Å². The van der Waals surface area contributed by atoms with Crippen molar-refractivity contribution in [1.82, 2.24) is 10.2 Å². The van der Waals surface area contributed by atoms with Gasteiger partial charge in [0.05, 0.1) is 16.9 Å². The molecule has 5 rings (SSSR count). The predicted molar refractivity (Wildman–Crippen MR) is 150 cm³/mol. The molecule has 0 unspecified atom stereocenters. The average Bonchev–Trinajstić information content (AvgIpc) is 3.33. The minimum Gasteiger partial charge on any atom is -0.406 e. The van der Waals surface area contributed by atoms with Gasteiger partial charge in [0, 0.05) is 28.8 Å². The summed E-state index contributed by atoms with van der Waals surface area (Å²) in [5.41, 5.74) is 5.76. The van der Waals surface area contributed by atoms with E-state index < -0.39 is 6.36 Å². The molecule has 0 saturated heterocycles. The quantitative estimate of drug-likeness (QED) is 0.144. The Morgan fingerprint density at radius 3 is 2.59 bits per heavy atom. The van der Waals surface area contributed by atoms with E-state index in [9.17, 15) is 13.2 Å². The van der Waals surface area contributed by atoms with Crippen LogP contribution in [0, 0.1) is 0 Å². The van der Waals surface area contributed by atoms with E-state index in [4.69, 9.17) is 39.9 Å². The second-order valence-corrected chi connectivity index (χ2v) is 9.88. The first-order valence-corrected chi connectivity index (χ1v) is 12.8. The first-order chi connectivity index (χ1) is 18.6. The van der Waals surface area contributed by atoms with Gasteiger partial charge in [-0.3, -0.25) is 0 Å². The van der Waals surface area contributed by atoms with Crippen molar-refractivity contribution in [3.8, 4) is 28.3 Å². The van der Waals surface area contributed by atoms with Crippen molar-refractivity contribution in [3.63, 3.8) is 0 Å². The number of aromatic nitrogens is 1. The van der Waals surface area contributed by atoms with Gasteiger partial charge in [-0.25, -0.2) is 5.01 Å². The first kappa shape index (κ1) is 27.0. The molecule has 0 fully saturated rings. The molecule has 1 heterocycles. The molecule has 4 aromatic rings. The van der Waals surface area contributed by atoms with E-state index in [-0.39, 0.29) is 5.75 Å². The van der Waals surface area contributed by atoms with Crippen LogP contribution in [-0.2, 0) is 12.8 Å². The number of alkyl halides is 3. The molecule has 1 N–H and O–H groups in total. The number of rotatable bonds is 5. The lowest BCUT2D eigenvalue weighted by Crippen LogP contribution is -2.26. The molecular weight excluding hydrogens is 572 g/mol. The highest BCUT2D eigenvalue weighted by molar-refractivity contribution is 7.80. The number of hydrogen-bond donors (Lipinski definition) is 1. The van der Waals surface area contributed by atoms with E-state index in [2.05, 4.69) is 20.3 Å². The zero-order valence-electron chi connectivity index (χ0n) is 20.2. The van der Waals surface area contributed by atoms with Crippen LogP contribution in [0.3, 0.4) is 0 Å². The smallest absolute Gasteiger partial charge is 0.406 e. The van der Waals surface area contributed by atoms with Crippen LogP contribution in [0.4, 0.5) is 18.9 Å². The van der Waals surface area contributed by atoms with E-state index in [1.54, 1.807) is 31.5 Å². The monoisotopic (exact) mass is 590 g/mol. The van der Waals surface area contributed by atoms with Crippen LogP contribution in [-0.4, -0.2) is 34.9 Å². The lowest BCUT2D eigenvalue weighted by molar-refractivity contribution is -0.274. The summed E-state index contributed by atoms with van der Waals surface area (Å²) in [5.74, 6) is 0.235. The van der Waals surface area contributed by atoms with Crippen LogP contribution in [0.2, 0.25) is 10.0 Å². The van der Waals surface area contributed by atoms with Crippen LogP contribution in [0.15, 0.2) is 70.3 Å². The molecule has 1 aliphatic carbocycles. The lowest BCUT2D eigenvalue weighted by Gasteiger charge is -2.17. The van der Waals surface area contributed by atoms with Crippen molar-refractivity contribution in [2.75, 3.05) is 12.4 Å². The van der Waals surface area contributed by atoms with Gasteiger partial charge in [-0.2, -0.15) is 5.10 Å². The van der Waals surface area contributed by atoms with Crippen LogP contribution in [0.5, 0.6) is 5.75 Å². The van der Waals surface area contributed by atoms with Gasteiger partial charge in [-0.1, -0.05) is 40.5 Å². The number of nitrogens with zero attached hydrogens (tertiary/aromatic N) is 3. The summed E-state index contributed by atoms with van der Waals surface area (Å²) in [6.45, 7) is 0. The number of anilines is 1. The number of halogens is 5. The number of fused-ring (bicyclic) bond motifs is 3. The Balaban J connectivity index is 1.29. The number of nitrogens with one attached hydrogen (secondary N) is 1. The molecule has 0 aliphatic heterocycles. The second-order valence-electron chi connectivity index (χ2n) is 8.65. The number of ether oxygens (including phenoxy) is 1. The number of thiocarbonyl (C=S) groups is 1. The fraction of sp³-hybridized carbons (Fsp3) is 0.148. The molecule has 39 heavy (non-hydrogen) atoms. The van der Waals surface area contributed by atoms with Gasteiger partial charge in [-0.05, 0) is 84.7 Å². The third kappa shape index (κ3) is 6.19. The molecule has 0 spiro atoms. The largest absolute Gasteiger partial charge is 0.573 e. The normalized spacial score (nSPS) is 12.7. The topological polar surface area (TPSA) is 62.9 Å². The zero-order chi connectivity index (χ0) is 27.7. The second kappa shape index (κ2) is 10.9. The maximum absolute atomic E-state index is 12.5. The molecule has 6 nitrogen and oxygen atoms in total. The maximum Gasteiger partial charge on any atom is 0.573 e. The molecule has 12 heteroatoms. The molecule has 1 aliphatic rings. The summed E-state index contributed by atoms with van der Waals surface area (Å²) >= 11 is 17.6. The van der Waals surface area contributed by atoms with Crippen LogP contribution in [0.25, 0.3) is 22.6 Å². The Morgan fingerprint density at radius 1 is 1.10 bits per heavy atom. The zero-order valence-corrected chi connectivity index (χ0v) is 22.5. The maximum atomic E-state index is 12.5. The van der Waals surface area contributed by atoms with Crippen molar-refractivity contribution in [2.24, 2.45) is 5.10 Å². The Labute approximate surface area is 237 Å². The fourth-order valence-corrected chi connectivity index (χ4v) is 4.78. The summed E-state index contributed by atoms with van der Waals surface area (Å²) in [6, 6.07) is 16.5. The summed E-state index contributed by atoms with van der Waals surface area (Å²) in [6.07, 6.45) is -1.65. The molecule has 0 bridgehead atoms. The van der Waals surface area contributed by atoms with Crippen LogP contribution < -0.4 is 10.1 Å². The Bertz CT molecular complexity index is 1570. The summed E-state index contributed by atoms with van der Waals surface area (Å²) in [4.78, 5) is 0. The molecule has 0 saturated carbocycles. The van der Waals surface area contributed by atoms with Gasteiger partial charge in [0.25, 0.3) is 0 Å². The first-order valence-electron chi connectivity index (χ1n) is 11.6. The summed E-state index contributed by atoms with van der Waals surface area (Å²) < 4.78 is 46.9. The van der Waals surface area contributed by atoms with E-state index in [0.717, 1.165) is 28.7 Å².